The molecule has 0 amide bonds. The molecular formula is C23H26O7. The topological polar surface area (TPSA) is 72.5 Å². The molecule has 0 N–H and O–H groups in total. The first kappa shape index (κ1) is 23.0. The standard InChI is InChI=1S/C23H26O7/c1-8-15-13-18(30-23(28-6)29-7)20(25-3)21(26-4)19(15)17-11-9-10-16(12-17)14(2)22(24)27-5/h8-13,23H,1-2H2,3-7H3. The van der Waals surface area contributed by atoms with Crippen LogP contribution >= 0.6 is 0 Å². The van der Waals surface area contributed by atoms with E-state index in [1.165, 1.54) is 35.5 Å². The van der Waals surface area contributed by atoms with Gasteiger partial charge in [0.25, 0.3) is 0 Å². The average molecular weight is 414 g/mol. The number of carbonyl (C=O) groups is 1. The van der Waals surface area contributed by atoms with Crippen LogP contribution in [0.3, 0.4) is 0 Å². The molecule has 160 valence electrons. The fourth-order valence-corrected chi connectivity index (χ4v) is 2.97. The van der Waals surface area contributed by atoms with Crippen molar-refractivity contribution < 1.29 is 33.2 Å². The van der Waals surface area contributed by atoms with Crippen molar-refractivity contribution in [1.82, 2.24) is 0 Å². The van der Waals surface area contributed by atoms with Crippen LogP contribution in [0.15, 0.2) is 43.5 Å². The Morgan fingerprint density at radius 1 is 1.00 bits per heavy atom. The van der Waals surface area contributed by atoms with Gasteiger partial charge in [-0.3, -0.25) is 0 Å². The molecule has 0 saturated carbocycles. The zero-order valence-corrected chi connectivity index (χ0v) is 17.8. The largest absolute Gasteiger partial charge is 0.492 e. The Labute approximate surface area is 176 Å². The van der Waals surface area contributed by atoms with Crippen molar-refractivity contribution in [3.63, 3.8) is 0 Å². The van der Waals surface area contributed by atoms with E-state index < -0.39 is 12.4 Å². The summed E-state index contributed by atoms with van der Waals surface area (Å²) in [6.07, 6.45) is 1.67. The summed E-state index contributed by atoms with van der Waals surface area (Å²) >= 11 is 0. The molecule has 0 aromatic heterocycles. The van der Waals surface area contributed by atoms with Crippen LogP contribution in [-0.2, 0) is 19.0 Å². The van der Waals surface area contributed by atoms with E-state index in [0.717, 1.165) is 11.1 Å². The van der Waals surface area contributed by atoms with Gasteiger partial charge in [-0.15, -0.1) is 0 Å². The summed E-state index contributed by atoms with van der Waals surface area (Å²) in [6, 6.07) is 9.03. The van der Waals surface area contributed by atoms with Crippen molar-refractivity contribution >= 4 is 17.6 Å². The van der Waals surface area contributed by atoms with Gasteiger partial charge in [-0.25, -0.2) is 4.79 Å². The summed E-state index contributed by atoms with van der Waals surface area (Å²) in [4.78, 5) is 11.9. The highest BCUT2D eigenvalue weighted by atomic mass is 16.8. The Morgan fingerprint density at radius 2 is 1.67 bits per heavy atom. The molecular weight excluding hydrogens is 388 g/mol. The third kappa shape index (κ3) is 4.64. The lowest BCUT2D eigenvalue weighted by atomic mass is 9.94. The molecule has 0 saturated heterocycles. The van der Waals surface area contributed by atoms with Gasteiger partial charge in [0.05, 0.1) is 26.9 Å². The minimum absolute atomic E-state index is 0.244. The molecule has 0 radical (unpaired) electrons. The van der Waals surface area contributed by atoms with Crippen LogP contribution in [-0.4, -0.2) is 48.0 Å². The summed E-state index contributed by atoms with van der Waals surface area (Å²) in [7, 11) is 7.26. The second kappa shape index (κ2) is 10.5. The first-order valence-electron chi connectivity index (χ1n) is 8.97. The van der Waals surface area contributed by atoms with Crippen molar-refractivity contribution in [3.8, 4) is 28.4 Å². The molecule has 0 fully saturated rings. The number of benzene rings is 2. The predicted molar refractivity (Wildman–Crippen MR) is 115 cm³/mol. The van der Waals surface area contributed by atoms with Gasteiger partial charge in [0.2, 0.25) is 5.75 Å². The Kier molecular flexibility index (Phi) is 8.03. The van der Waals surface area contributed by atoms with E-state index in [0.29, 0.717) is 28.4 Å². The normalized spacial score (nSPS) is 10.5. The maximum absolute atomic E-state index is 11.9. The summed E-state index contributed by atoms with van der Waals surface area (Å²) in [5.41, 5.74) is 3.06. The molecule has 0 aliphatic rings. The van der Waals surface area contributed by atoms with Crippen LogP contribution in [0.25, 0.3) is 22.8 Å². The molecule has 7 nitrogen and oxygen atoms in total. The number of carbonyl (C=O) groups excluding carboxylic acids is 1. The minimum atomic E-state index is -0.932. The first-order chi connectivity index (χ1) is 14.4. The third-order valence-electron chi connectivity index (χ3n) is 4.40. The SMILES string of the molecule is C=Cc1cc(OC(OC)OC)c(OC)c(OC)c1-c1cccc(C(=C)C(=O)OC)c1. The number of methoxy groups -OCH3 is 5. The van der Waals surface area contributed by atoms with Gasteiger partial charge in [-0.2, -0.15) is 0 Å². The maximum atomic E-state index is 11.9. The first-order valence-corrected chi connectivity index (χ1v) is 8.97. The highest BCUT2D eigenvalue weighted by Crippen LogP contribution is 2.47. The highest BCUT2D eigenvalue weighted by molar-refractivity contribution is 6.15. The van der Waals surface area contributed by atoms with E-state index in [9.17, 15) is 4.79 Å². The molecule has 0 spiro atoms. The number of esters is 1. The van der Waals surface area contributed by atoms with E-state index in [4.69, 9.17) is 28.4 Å². The van der Waals surface area contributed by atoms with Crippen molar-refractivity contribution in [2.24, 2.45) is 0 Å². The molecule has 0 aliphatic carbocycles. The zero-order valence-electron chi connectivity index (χ0n) is 17.8. The molecule has 7 heteroatoms. The lowest BCUT2D eigenvalue weighted by Crippen LogP contribution is -2.21. The van der Waals surface area contributed by atoms with Crippen molar-refractivity contribution in [1.29, 1.82) is 0 Å². The van der Waals surface area contributed by atoms with Crippen molar-refractivity contribution in [2.45, 2.75) is 6.48 Å². The molecule has 0 bridgehead atoms. The molecule has 0 aliphatic heterocycles. The Bertz CT molecular complexity index is 929. The summed E-state index contributed by atoms with van der Waals surface area (Å²) < 4.78 is 32.0. The van der Waals surface area contributed by atoms with Crippen LogP contribution in [0, 0.1) is 0 Å². The number of rotatable bonds is 10. The predicted octanol–water partition coefficient (Wildman–Crippen LogP) is 4.16. The van der Waals surface area contributed by atoms with Gasteiger partial charge in [0, 0.05) is 19.8 Å². The second-order valence-corrected chi connectivity index (χ2v) is 6.04. The number of ether oxygens (including phenoxy) is 6. The van der Waals surface area contributed by atoms with E-state index in [2.05, 4.69) is 13.2 Å². The number of hydrogen-bond donors (Lipinski definition) is 0. The van der Waals surface area contributed by atoms with Crippen LogP contribution < -0.4 is 14.2 Å². The molecule has 0 heterocycles. The van der Waals surface area contributed by atoms with Gasteiger partial charge in [-0.05, 0) is 28.8 Å². The summed E-state index contributed by atoms with van der Waals surface area (Å²) in [5.74, 6) is 0.637. The highest BCUT2D eigenvalue weighted by Gasteiger charge is 2.23. The molecule has 0 unspecified atom stereocenters. The van der Waals surface area contributed by atoms with Gasteiger partial charge in [0.15, 0.2) is 11.5 Å². The molecule has 2 aromatic carbocycles. The van der Waals surface area contributed by atoms with Gasteiger partial charge >= 0.3 is 12.4 Å². The van der Waals surface area contributed by atoms with Gasteiger partial charge in [0.1, 0.15) is 0 Å². The van der Waals surface area contributed by atoms with E-state index in [1.807, 2.05) is 18.2 Å². The average Bonchev–Trinajstić information content (AvgIpc) is 2.80. The molecule has 0 atom stereocenters. The third-order valence-corrected chi connectivity index (χ3v) is 4.40. The van der Waals surface area contributed by atoms with E-state index in [-0.39, 0.29) is 5.57 Å². The molecule has 2 aromatic rings. The van der Waals surface area contributed by atoms with Crippen LogP contribution in [0.1, 0.15) is 11.1 Å². The summed E-state index contributed by atoms with van der Waals surface area (Å²) in [5, 5.41) is 0. The van der Waals surface area contributed by atoms with Gasteiger partial charge in [-0.1, -0.05) is 37.4 Å². The van der Waals surface area contributed by atoms with Crippen LogP contribution in [0.4, 0.5) is 0 Å². The van der Waals surface area contributed by atoms with Crippen molar-refractivity contribution in [3.05, 3.63) is 54.6 Å². The number of hydrogen-bond acceptors (Lipinski definition) is 7. The second-order valence-electron chi connectivity index (χ2n) is 6.04. The van der Waals surface area contributed by atoms with Crippen LogP contribution in [0.2, 0.25) is 0 Å². The lowest BCUT2D eigenvalue weighted by Gasteiger charge is -2.22. The zero-order chi connectivity index (χ0) is 22.3. The Hall–Kier alpha value is -3.29. The minimum Gasteiger partial charge on any atom is -0.492 e. The molecule has 2 rings (SSSR count). The van der Waals surface area contributed by atoms with E-state index in [1.54, 1.807) is 18.2 Å². The Morgan fingerprint density at radius 3 is 2.20 bits per heavy atom. The lowest BCUT2D eigenvalue weighted by molar-refractivity contribution is -0.219. The molecule has 30 heavy (non-hydrogen) atoms. The van der Waals surface area contributed by atoms with Crippen molar-refractivity contribution in [2.75, 3.05) is 35.5 Å². The maximum Gasteiger partial charge on any atom is 0.337 e. The van der Waals surface area contributed by atoms with Crippen LogP contribution in [0.5, 0.6) is 17.2 Å². The summed E-state index contributed by atoms with van der Waals surface area (Å²) in [6.45, 7) is 6.79. The Balaban J connectivity index is 2.70. The fraction of sp³-hybridized carbons (Fsp3) is 0.261. The van der Waals surface area contributed by atoms with E-state index >= 15 is 0 Å². The monoisotopic (exact) mass is 414 g/mol. The smallest absolute Gasteiger partial charge is 0.337 e. The fourth-order valence-electron chi connectivity index (χ4n) is 2.97. The van der Waals surface area contributed by atoms with Gasteiger partial charge < -0.3 is 28.4 Å². The quantitative estimate of drug-likeness (QED) is 0.328.